The van der Waals surface area contributed by atoms with Crippen molar-refractivity contribution in [2.75, 3.05) is 32.0 Å². The van der Waals surface area contributed by atoms with Gasteiger partial charge in [-0.2, -0.15) is 0 Å². The van der Waals surface area contributed by atoms with Gasteiger partial charge in [0, 0.05) is 38.4 Å². The third kappa shape index (κ3) is 4.45. The van der Waals surface area contributed by atoms with Crippen molar-refractivity contribution in [3.63, 3.8) is 0 Å². The van der Waals surface area contributed by atoms with Gasteiger partial charge in [-0.05, 0) is 31.9 Å². The summed E-state index contributed by atoms with van der Waals surface area (Å²) < 4.78 is 0. The lowest BCUT2D eigenvalue weighted by molar-refractivity contribution is -0.137. The second-order valence-electron chi connectivity index (χ2n) is 6.12. The molecule has 3 N–H and O–H groups in total. The van der Waals surface area contributed by atoms with Gasteiger partial charge in [0.1, 0.15) is 0 Å². The summed E-state index contributed by atoms with van der Waals surface area (Å²) in [5.74, 6) is -0.0792. The summed E-state index contributed by atoms with van der Waals surface area (Å²) in [4.78, 5) is 28.3. The second-order valence-corrected chi connectivity index (χ2v) is 6.12. The summed E-state index contributed by atoms with van der Waals surface area (Å²) in [6.45, 7) is 3.51. The fourth-order valence-corrected chi connectivity index (χ4v) is 2.75. The number of amides is 3. The van der Waals surface area contributed by atoms with Gasteiger partial charge >= 0.3 is 6.03 Å². The van der Waals surface area contributed by atoms with E-state index in [4.69, 9.17) is 5.73 Å². The molecule has 2 rings (SSSR count). The Labute approximate surface area is 137 Å². The number of likely N-dealkylation sites (tertiary alicyclic amines) is 1. The number of nitrogens with one attached hydrogen (secondary N) is 1. The van der Waals surface area contributed by atoms with Gasteiger partial charge < -0.3 is 20.9 Å². The normalized spacial score (nSPS) is 19.1. The van der Waals surface area contributed by atoms with Crippen molar-refractivity contribution >= 4 is 17.6 Å². The van der Waals surface area contributed by atoms with Gasteiger partial charge in [0.05, 0.1) is 5.92 Å². The highest BCUT2D eigenvalue weighted by Gasteiger charge is 2.31. The molecule has 1 aromatic rings. The van der Waals surface area contributed by atoms with Crippen LogP contribution in [-0.2, 0) is 4.79 Å². The molecule has 1 aliphatic heterocycles. The molecule has 1 saturated heterocycles. The number of hydrogen-bond donors (Lipinski definition) is 2. The fourth-order valence-electron chi connectivity index (χ4n) is 2.75. The number of likely N-dealkylation sites (N-methyl/N-ethyl adjacent to an activating group) is 1. The monoisotopic (exact) mass is 318 g/mol. The second kappa shape index (κ2) is 7.97. The van der Waals surface area contributed by atoms with E-state index >= 15 is 0 Å². The SMILES string of the molecule is CC(CN)N(C)C(=O)C1CCCN(C(=O)Nc2ccccc2)C1. The van der Waals surface area contributed by atoms with Crippen molar-refractivity contribution in [3.05, 3.63) is 30.3 Å². The molecule has 126 valence electrons. The molecule has 0 bridgehead atoms. The van der Waals surface area contributed by atoms with Crippen molar-refractivity contribution in [1.29, 1.82) is 0 Å². The quantitative estimate of drug-likeness (QED) is 0.887. The van der Waals surface area contributed by atoms with Crippen molar-refractivity contribution in [1.82, 2.24) is 9.80 Å². The van der Waals surface area contributed by atoms with Crippen LogP contribution in [0, 0.1) is 5.92 Å². The predicted octanol–water partition coefficient (Wildman–Crippen LogP) is 1.74. The molecular weight excluding hydrogens is 292 g/mol. The van der Waals surface area contributed by atoms with E-state index < -0.39 is 0 Å². The highest BCUT2D eigenvalue weighted by molar-refractivity contribution is 5.90. The third-order valence-electron chi connectivity index (χ3n) is 4.43. The van der Waals surface area contributed by atoms with E-state index in [1.54, 1.807) is 16.8 Å². The van der Waals surface area contributed by atoms with Crippen molar-refractivity contribution in [2.45, 2.75) is 25.8 Å². The lowest BCUT2D eigenvalue weighted by Gasteiger charge is -2.35. The van der Waals surface area contributed by atoms with Crippen LogP contribution in [0.25, 0.3) is 0 Å². The number of urea groups is 1. The van der Waals surface area contributed by atoms with Gasteiger partial charge in [-0.3, -0.25) is 4.79 Å². The zero-order valence-electron chi connectivity index (χ0n) is 13.9. The van der Waals surface area contributed by atoms with Crippen molar-refractivity contribution in [2.24, 2.45) is 11.7 Å². The average molecular weight is 318 g/mol. The summed E-state index contributed by atoms with van der Waals surface area (Å²) in [6, 6.07) is 9.21. The Balaban J connectivity index is 1.95. The van der Waals surface area contributed by atoms with Gasteiger partial charge in [0.2, 0.25) is 5.91 Å². The number of carbonyl (C=O) groups is 2. The number of nitrogens with two attached hydrogens (primary N) is 1. The Morgan fingerprint density at radius 1 is 1.39 bits per heavy atom. The minimum atomic E-state index is -0.150. The number of benzene rings is 1. The standard InChI is InChI=1S/C17H26N4O2/c1-13(11-18)20(2)16(22)14-7-6-10-21(12-14)17(23)19-15-8-4-3-5-9-15/h3-5,8-9,13-14H,6-7,10-12,18H2,1-2H3,(H,19,23). The minimum absolute atomic E-state index is 0.0102. The van der Waals surface area contributed by atoms with Crippen LogP contribution in [0.1, 0.15) is 19.8 Å². The molecule has 1 heterocycles. The molecular formula is C17H26N4O2. The third-order valence-corrected chi connectivity index (χ3v) is 4.43. The summed E-state index contributed by atoms with van der Waals surface area (Å²) in [5.41, 5.74) is 6.40. The Morgan fingerprint density at radius 2 is 2.09 bits per heavy atom. The number of nitrogens with zero attached hydrogens (tertiary/aromatic N) is 2. The van der Waals surface area contributed by atoms with E-state index in [-0.39, 0.29) is 23.9 Å². The molecule has 0 saturated carbocycles. The first kappa shape index (κ1) is 17.3. The maximum atomic E-state index is 12.5. The van der Waals surface area contributed by atoms with E-state index in [0.717, 1.165) is 18.5 Å². The molecule has 0 spiro atoms. The van der Waals surface area contributed by atoms with Crippen LogP contribution >= 0.6 is 0 Å². The maximum Gasteiger partial charge on any atom is 0.321 e. The largest absolute Gasteiger partial charge is 0.341 e. The molecule has 6 heteroatoms. The first-order valence-electron chi connectivity index (χ1n) is 8.10. The van der Waals surface area contributed by atoms with Gasteiger partial charge in [-0.25, -0.2) is 4.79 Å². The lowest BCUT2D eigenvalue weighted by Crippen LogP contribution is -2.49. The molecule has 23 heavy (non-hydrogen) atoms. The van der Waals surface area contributed by atoms with Crippen LogP contribution in [0.2, 0.25) is 0 Å². The highest BCUT2D eigenvalue weighted by Crippen LogP contribution is 2.20. The molecule has 0 radical (unpaired) electrons. The Morgan fingerprint density at radius 3 is 2.74 bits per heavy atom. The molecule has 1 aromatic carbocycles. The zero-order chi connectivity index (χ0) is 16.8. The Hall–Kier alpha value is -2.08. The lowest BCUT2D eigenvalue weighted by atomic mass is 9.96. The number of carbonyl (C=O) groups excluding carboxylic acids is 2. The molecule has 0 aliphatic carbocycles. The van der Waals surface area contributed by atoms with E-state index in [9.17, 15) is 9.59 Å². The van der Waals surface area contributed by atoms with Crippen molar-refractivity contribution < 1.29 is 9.59 Å². The first-order valence-corrected chi connectivity index (χ1v) is 8.10. The molecule has 1 aliphatic rings. The molecule has 3 amide bonds. The number of para-hydroxylation sites is 1. The van der Waals surface area contributed by atoms with Gasteiger partial charge in [-0.15, -0.1) is 0 Å². The van der Waals surface area contributed by atoms with Gasteiger partial charge in [-0.1, -0.05) is 18.2 Å². The summed E-state index contributed by atoms with van der Waals surface area (Å²) in [5, 5.41) is 2.88. The van der Waals surface area contributed by atoms with E-state index in [0.29, 0.717) is 19.6 Å². The van der Waals surface area contributed by atoms with Crippen LogP contribution in [0.15, 0.2) is 30.3 Å². The summed E-state index contributed by atoms with van der Waals surface area (Å²) >= 11 is 0. The van der Waals surface area contributed by atoms with Crippen LogP contribution in [-0.4, -0.2) is 54.5 Å². The molecule has 2 unspecified atom stereocenters. The van der Waals surface area contributed by atoms with Gasteiger partial charge in [0.25, 0.3) is 0 Å². The van der Waals surface area contributed by atoms with Crippen LogP contribution < -0.4 is 11.1 Å². The molecule has 6 nitrogen and oxygen atoms in total. The Bertz CT molecular complexity index is 535. The predicted molar refractivity (Wildman–Crippen MR) is 91.0 cm³/mol. The van der Waals surface area contributed by atoms with E-state index in [2.05, 4.69) is 5.32 Å². The molecule has 1 fully saturated rings. The highest BCUT2D eigenvalue weighted by atomic mass is 16.2. The summed E-state index contributed by atoms with van der Waals surface area (Å²) in [6.07, 6.45) is 1.65. The van der Waals surface area contributed by atoms with Crippen LogP contribution in [0.3, 0.4) is 0 Å². The van der Waals surface area contributed by atoms with Crippen molar-refractivity contribution in [3.8, 4) is 0 Å². The Kier molecular flexibility index (Phi) is 5.98. The number of rotatable bonds is 4. The van der Waals surface area contributed by atoms with Crippen LogP contribution in [0.5, 0.6) is 0 Å². The van der Waals surface area contributed by atoms with Gasteiger partial charge in [0.15, 0.2) is 0 Å². The fraction of sp³-hybridized carbons (Fsp3) is 0.529. The number of hydrogen-bond acceptors (Lipinski definition) is 3. The zero-order valence-corrected chi connectivity index (χ0v) is 13.9. The number of piperidine rings is 1. The molecule has 2 atom stereocenters. The maximum absolute atomic E-state index is 12.5. The minimum Gasteiger partial charge on any atom is -0.341 e. The first-order chi connectivity index (χ1) is 11.0. The smallest absolute Gasteiger partial charge is 0.321 e. The summed E-state index contributed by atoms with van der Waals surface area (Å²) in [7, 11) is 1.78. The number of anilines is 1. The van der Waals surface area contributed by atoms with Crippen LogP contribution in [0.4, 0.5) is 10.5 Å². The average Bonchev–Trinajstić information content (AvgIpc) is 2.60. The molecule has 0 aromatic heterocycles. The van der Waals surface area contributed by atoms with E-state index in [1.165, 1.54) is 0 Å². The van der Waals surface area contributed by atoms with E-state index in [1.807, 2.05) is 37.3 Å². The topological polar surface area (TPSA) is 78.7 Å².